The maximum absolute atomic E-state index is 13.1. The first-order chi connectivity index (χ1) is 20.6. The number of aliphatic carboxylic acids is 1. The number of amides is 6. The lowest BCUT2D eigenvalue weighted by Gasteiger charge is -2.49. The number of hydrazone groups is 1. The van der Waals surface area contributed by atoms with Gasteiger partial charge >= 0.3 is 24.0 Å². The summed E-state index contributed by atoms with van der Waals surface area (Å²) in [4.78, 5) is 76.9. The molecule has 2 aromatic rings. The smallest absolute Gasteiger partial charge is 0.352 e. The number of carboxylic acids is 1. The zero-order chi connectivity index (χ0) is 30.7. The van der Waals surface area contributed by atoms with E-state index in [2.05, 4.69) is 15.7 Å². The van der Waals surface area contributed by atoms with Crippen LogP contribution in [0.2, 0.25) is 0 Å². The highest BCUT2D eigenvalue weighted by Gasteiger charge is 2.54. The number of ether oxygens (including phenoxy) is 1. The fraction of sp³-hybridized carbons (Fsp3) is 0.346. The van der Waals surface area contributed by atoms with Gasteiger partial charge in [0, 0.05) is 18.2 Å². The normalized spacial score (nSPS) is 20.6. The number of imide groups is 1. The van der Waals surface area contributed by atoms with Crippen molar-refractivity contribution in [3.05, 3.63) is 59.6 Å². The second-order valence-corrected chi connectivity index (χ2v) is 10.6. The van der Waals surface area contributed by atoms with E-state index in [9.17, 15) is 33.9 Å². The van der Waals surface area contributed by atoms with E-state index in [1.807, 2.05) is 0 Å². The SMILES string of the molecule is CC(=O)OCC1=C(C(=O)O)N2C(=O)C(NC(=O)CC(NC(=O)N3CCN(N=Cc4ccco4)C3=O)c3ccco3)[C@@H]2SC1. The fourth-order valence-electron chi connectivity index (χ4n) is 4.65. The van der Waals surface area contributed by atoms with Gasteiger partial charge in [0.2, 0.25) is 5.91 Å². The summed E-state index contributed by atoms with van der Waals surface area (Å²) in [7, 11) is 0. The lowest BCUT2D eigenvalue weighted by molar-refractivity contribution is -0.151. The Morgan fingerprint density at radius 1 is 1.19 bits per heavy atom. The molecule has 0 saturated carbocycles. The Morgan fingerprint density at radius 3 is 2.63 bits per heavy atom. The van der Waals surface area contributed by atoms with Gasteiger partial charge in [-0.2, -0.15) is 5.10 Å². The highest BCUT2D eigenvalue weighted by Crippen LogP contribution is 2.40. The van der Waals surface area contributed by atoms with Crippen molar-refractivity contribution in [1.29, 1.82) is 0 Å². The van der Waals surface area contributed by atoms with Crippen molar-refractivity contribution in [2.45, 2.75) is 30.8 Å². The first-order valence-corrected chi connectivity index (χ1v) is 14.0. The second-order valence-electron chi connectivity index (χ2n) is 9.53. The van der Waals surface area contributed by atoms with Gasteiger partial charge in [0.15, 0.2) is 0 Å². The molecule has 5 heterocycles. The van der Waals surface area contributed by atoms with E-state index >= 15 is 0 Å². The van der Waals surface area contributed by atoms with Crippen LogP contribution < -0.4 is 10.6 Å². The van der Waals surface area contributed by atoms with E-state index in [-0.39, 0.29) is 48.9 Å². The minimum atomic E-state index is -1.35. The van der Waals surface area contributed by atoms with Gasteiger partial charge in [-0.3, -0.25) is 19.3 Å². The van der Waals surface area contributed by atoms with Crippen molar-refractivity contribution in [2.75, 3.05) is 25.4 Å². The summed E-state index contributed by atoms with van der Waals surface area (Å²) < 4.78 is 15.5. The molecular formula is C26H26N6O10S. The molecule has 3 atom stereocenters. The average Bonchev–Trinajstić information content (AvgIpc) is 3.75. The number of hydrogen-bond donors (Lipinski definition) is 3. The Labute approximate surface area is 247 Å². The van der Waals surface area contributed by atoms with Crippen LogP contribution in [0.3, 0.4) is 0 Å². The van der Waals surface area contributed by atoms with Crippen molar-refractivity contribution < 1.29 is 47.4 Å². The number of β-lactam (4-membered cyclic amide) rings is 1. The number of carbonyl (C=O) groups excluding carboxylic acids is 5. The number of esters is 1. The van der Waals surface area contributed by atoms with Crippen LogP contribution in [0.4, 0.5) is 9.59 Å². The van der Waals surface area contributed by atoms with Gasteiger partial charge < -0.3 is 29.3 Å². The molecule has 3 N–H and O–H groups in total. The van der Waals surface area contributed by atoms with Gasteiger partial charge in [0.05, 0.1) is 44.3 Å². The van der Waals surface area contributed by atoms with Crippen molar-refractivity contribution in [3.63, 3.8) is 0 Å². The Hall–Kier alpha value is -5.06. The Bertz CT molecular complexity index is 1490. The lowest BCUT2D eigenvalue weighted by atomic mass is 10.0. The Balaban J connectivity index is 1.21. The highest BCUT2D eigenvalue weighted by molar-refractivity contribution is 8.00. The zero-order valence-corrected chi connectivity index (χ0v) is 23.4. The summed E-state index contributed by atoms with van der Waals surface area (Å²) in [6, 6.07) is 2.97. The van der Waals surface area contributed by atoms with Gasteiger partial charge in [-0.05, 0) is 24.3 Å². The zero-order valence-electron chi connectivity index (χ0n) is 22.6. The van der Waals surface area contributed by atoms with Crippen LogP contribution in [0, 0.1) is 0 Å². The molecule has 43 heavy (non-hydrogen) atoms. The topological polar surface area (TPSA) is 204 Å². The van der Waals surface area contributed by atoms with Crippen molar-refractivity contribution in [2.24, 2.45) is 5.10 Å². The van der Waals surface area contributed by atoms with Crippen molar-refractivity contribution in [1.82, 2.24) is 25.4 Å². The molecule has 6 amide bonds. The number of urea groups is 2. The minimum absolute atomic E-state index is 0.0431. The number of carbonyl (C=O) groups is 6. The van der Waals surface area contributed by atoms with E-state index in [0.29, 0.717) is 5.76 Å². The van der Waals surface area contributed by atoms with Crippen molar-refractivity contribution in [3.8, 4) is 0 Å². The third-order valence-electron chi connectivity index (χ3n) is 6.69. The molecule has 17 heteroatoms. The third kappa shape index (κ3) is 6.25. The summed E-state index contributed by atoms with van der Waals surface area (Å²) in [6.07, 6.45) is 3.81. The molecule has 0 radical (unpaired) electrons. The fourth-order valence-corrected chi connectivity index (χ4v) is 5.98. The van der Waals surface area contributed by atoms with E-state index in [1.54, 1.807) is 24.3 Å². The predicted octanol–water partition coefficient (Wildman–Crippen LogP) is 1.09. The highest BCUT2D eigenvalue weighted by atomic mass is 32.2. The molecule has 0 aliphatic carbocycles. The van der Waals surface area contributed by atoms with Gasteiger partial charge in [0.1, 0.15) is 35.2 Å². The number of nitrogens with zero attached hydrogens (tertiary/aromatic N) is 4. The number of hydrogen-bond acceptors (Lipinski definition) is 11. The minimum Gasteiger partial charge on any atom is -0.477 e. The van der Waals surface area contributed by atoms with Crippen LogP contribution >= 0.6 is 11.8 Å². The quantitative estimate of drug-likeness (QED) is 0.196. The number of rotatable bonds is 10. The van der Waals surface area contributed by atoms with Crippen molar-refractivity contribution >= 4 is 53.8 Å². The lowest BCUT2D eigenvalue weighted by Crippen LogP contribution is -2.70. The Kier molecular flexibility index (Phi) is 8.51. The molecule has 16 nitrogen and oxygen atoms in total. The van der Waals surface area contributed by atoms with E-state index in [4.69, 9.17) is 13.6 Å². The maximum atomic E-state index is 13.1. The van der Waals surface area contributed by atoms with Gasteiger partial charge in [0.25, 0.3) is 5.91 Å². The summed E-state index contributed by atoms with van der Waals surface area (Å²) in [5, 5.41) is 19.4. The van der Waals surface area contributed by atoms with Gasteiger partial charge in [-0.1, -0.05) is 0 Å². The standard InChI is InChI=1S/C26H26N6O10S/c1-14(33)42-12-15-13-43-23-20(22(35)32(23)21(15)24(36)37)29-19(34)10-17(18-5-3-9-41-18)28-25(38)30-6-7-31(26(30)39)27-11-16-4-2-8-40-16/h2-5,8-9,11,17,20,23H,6-7,10,12-13H2,1H3,(H,28,38)(H,29,34)(H,36,37)/t17?,20?,23-/m0/s1. The summed E-state index contributed by atoms with van der Waals surface area (Å²) in [6.45, 7) is 1.11. The number of fused-ring (bicyclic) bond motifs is 1. The molecule has 2 aromatic heterocycles. The van der Waals surface area contributed by atoms with Crippen LogP contribution in [0.15, 0.2) is 62.0 Å². The molecule has 2 saturated heterocycles. The molecule has 5 rings (SSSR count). The number of nitrogens with one attached hydrogen (secondary N) is 2. The van der Waals surface area contributed by atoms with Gasteiger partial charge in [-0.15, -0.1) is 11.8 Å². The van der Waals surface area contributed by atoms with Crippen LogP contribution in [0.25, 0.3) is 0 Å². The number of furan rings is 2. The number of carboxylic acid groups (broad SMARTS) is 1. The largest absolute Gasteiger partial charge is 0.477 e. The van der Waals surface area contributed by atoms with Crippen LogP contribution in [0.1, 0.15) is 30.9 Å². The van der Waals surface area contributed by atoms with Crippen LogP contribution in [0.5, 0.6) is 0 Å². The second kappa shape index (κ2) is 12.4. The molecule has 0 bridgehead atoms. The molecule has 2 unspecified atom stereocenters. The van der Waals surface area contributed by atoms with E-state index < -0.39 is 53.3 Å². The van der Waals surface area contributed by atoms with E-state index in [0.717, 1.165) is 14.8 Å². The first-order valence-electron chi connectivity index (χ1n) is 13.0. The molecular weight excluding hydrogens is 588 g/mol. The summed E-state index contributed by atoms with van der Waals surface area (Å²) in [5.41, 5.74) is -0.0107. The molecule has 3 aliphatic heterocycles. The summed E-state index contributed by atoms with van der Waals surface area (Å²) in [5.74, 6) is -2.36. The predicted molar refractivity (Wildman–Crippen MR) is 146 cm³/mol. The van der Waals surface area contributed by atoms with Crippen LogP contribution in [-0.2, 0) is 23.9 Å². The molecule has 2 fully saturated rings. The monoisotopic (exact) mass is 614 g/mol. The summed E-state index contributed by atoms with van der Waals surface area (Å²) >= 11 is 1.22. The average molecular weight is 615 g/mol. The van der Waals surface area contributed by atoms with Crippen LogP contribution in [-0.4, -0.2) is 98.8 Å². The molecule has 3 aliphatic rings. The first kappa shape index (κ1) is 29.4. The Morgan fingerprint density at radius 2 is 1.95 bits per heavy atom. The molecule has 0 spiro atoms. The maximum Gasteiger partial charge on any atom is 0.352 e. The molecule has 226 valence electrons. The molecule has 0 aromatic carbocycles. The number of thioether (sulfide) groups is 1. The van der Waals surface area contributed by atoms with Gasteiger partial charge in [-0.25, -0.2) is 24.3 Å². The van der Waals surface area contributed by atoms with E-state index in [1.165, 1.54) is 37.4 Å². The third-order valence-corrected chi connectivity index (χ3v) is 8.03.